The third-order valence-corrected chi connectivity index (χ3v) is 7.57. The third-order valence-electron chi connectivity index (χ3n) is 4.68. The van der Waals surface area contributed by atoms with Crippen LogP contribution < -0.4 is 0 Å². The van der Waals surface area contributed by atoms with E-state index in [-0.39, 0.29) is 28.7 Å². The van der Waals surface area contributed by atoms with E-state index in [2.05, 4.69) is 9.97 Å². The molecule has 0 saturated carbocycles. The van der Waals surface area contributed by atoms with Gasteiger partial charge in [0.1, 0.15) is 5.82 Å². The number of nitrogens with one attached hydrogen (secondary N) is 1. The maximum absolute atomic E-state index is 12.7. The number of amides is 1. The number of hydrogen-bond donors (Lipinski definition) is 1. The van der Waals surface area contributed by atoms with E-state index in [1.165, 1.54) is 11.8 Å². The van der Waals surface area contributed by atoms with Crippen molar-refractivity contribution < 1.29 is 13.2 Å². The normalized spacial score (nSPS) is 20.3. The van der Waals surface area contributed by atoms with E-state index in [1.54, 1.807) is 4.90 Å². The summed E-state index contributed by atoms with van der Waals surface area (Å²) in [6.07, 6.45) is 1.38. The monoisotopic (exact) mass is 395 g/mol. The first kappa shape index (κ1) is 19.2. The lowest BCUT2D eigenvalue weighted by atomic mass is 10.2. The van der Waals surface area contributed by atoms with Crippen LogP contribution in [-0.4, -0.2) is 59.0 Å². The quantitative estimate of drug-likeness (QED) is 0.779. The van der Waals surface area contributed by atoms with Crippen LogP contribution in [0.25, 0.3) is 11.0 Å². The fraction of sp³-hybridized carbons (Fsp3) is 0.556. The number of carbonyl (C=O) groups excluding carboxylic acids is 1. The van der Waals surface area contributed by atoms with Gasteiger partial charge in [-0.05, 0) is 31.9 Å². The lowest BCUT2D eigenvalue weighted by molar-refractivity contribution is -0.130. The second-order valence-electron chi connectivity index (χ2n) is 6.74. The molecule has 0 radical (unpaired) electrons. The molecule has 1 aliphatic rings. The number of nitrogens with zero attached hydrogens (tertiary/aromatic N) is 2. The van der Waals surface area contributed by atoms with Crippen LogP contribution in [0.1, 0.15) is 37.8 Å². The molecule has 2 unspecified atom stereocenters. The number of rotatable bonds is 7. The number of carbonyl (C=O) groups is 1. The average molecular weight is 396 g/mol. The van der Waals surface area contributed by atoms with Gasteiger partial charge in [-0.25, -0.2) is 13.4 Å². The minimum absolute atomic E-state index is 0.0157. The predicted molar refractivity (Wildman–Crippen MR) is 106 cm³/mol. The lowest BCUT2D eigenvalue weighted by Gasteiger charge is -2.28. The number of benzene rings is 1. The molecule has 8 heteroatoms. The van der Waals surface area contributed by atoms with E-state index >= 15 is 0 Å². The first-order valence-electron chi connectivity index (χ1n) is 8.95. The number of hydrogen-bond acceptors (Lipinski definition) is 5. The van der Waals surface area contributed by atoms with Crippen LogP contribution in [0.3, 0.4) is 0 Å². The van der Waals surface area contributed by atoms with Gasteiger partial charge in [-0.3, -0.25) is 4.79 Å². The second-order valence-corrected chi connectivity index (χ2v) is 10.3. The summed E-state index contributed by atoms with van der Waals surface area (Å²) < 4.78 is 23.5. The minimum atomic E-state index is -3.00. The lowest BCUT2D eigenvalue weighted by Crippen LogP contribution is -2.42. The number of imidazole rings is 1. The van der Waals surface area contributed by atoms with Crippen LogP contribution >= 0.6 is 11.8 Å². The smallest absolute Gasteiger partial charge is 0.232 e. The van der Waals surface area contributed by atoms with E-state index in [1.807, 2.05) is 38.1 Å². The Morgan fingerprint density at radius 1 is 1.42 bits per heavy atom. The first-order chi connectivity index (χ1) is 12.4. The highest BCUT2D eigenvalue weighted by atomic mass is 32.2. The molecule has 1 fully saturated rings. The highest BCUT2D eigenvalue weighted by molar-refractivity contribution is 8.00. The van der Waals surface area contributed by atoms with Crippen LogP contribution in [0.4, 0.5) is 0 Å². The number of thioether (sulfide) groups is 1. The summed E-state index contributed by atoms with van der Waals surface area (Å²) in [6.45, 7) is 4.65. The molecule has 0 aliphatic carbocycles. The number of para-hydroxylation sites is 2. The molecule has 1 amide bonds. The first-order valence-corrected chi connectivity index (χ1v) is 11.8. The van der Waals surface area contributed by atoms with Gasteiger partial charge in [-0.15, -0.1) is 11.8 Å². The molecular formula is C18H25N3O3S2. The van der Waals surface area contributed by atoms with Crippen molar-refractivity contribution in [2.24, 2.45) is 0 Å². The maximum atomic E-state index is 12.7. The van der Waals surface area contributed by atoms with E-state index < -0.39 is 9.84 Å². The molecule has 2 atom stereocenters. The number of aromatic nitrogens is 2. The van der Waals surface area contributed by atoms with Gasteiger partial charge in [-0.1, -0.05) is 19.1 Å². The van der Waals surface area contributed by atoms with Crippen molar-refractivity contribution in [3.05, 3.63) is 30.1 Å². The second kappa shape index (κ2) is 8.00. The Bertz CT molecular complexity index is 846. The van der Waals surface area contributed by atoms with Crippen molar-refractivity contribution in [3.8, 4) is 0 Å². The molecule has 26 heavy (non-hydrogen) atoms. The Balaban J connectivity index is 1.62. The van der Waals surface area contributed by atoms with Gasteiger partial charge in [0.2, 0.25) is 5.91 Å². The number of aromatic amines is 1. The molecule has 1 N–H and O–H groups in total. The minimum Gasteiger partial charge on any atom is -0.341 e. The third kappa shape index (κ3) is 4.40. The standard InChI is InChI=1S/C18H25N3O3S2/c1-3-9-21(14-8-10-26(23,24)12-14)17(22)11-25-13(2)18-19-15-6-4-5-7-16(15)20-18/h4-7,13-14H,3,8-12H2,1-2H3,(H,19,20). The summed E-state index contributed by atoms with van der Waals surface area (Å²) in [5, 5.41) is 0.0575. The molecule has 3 rings (SSSR count). The summed E-state index contributed by atoms with van der Waals surface area (Å²) in [5.41, 5.74) is 1.91. The van der Waals surface area contributed by atoms with Crippen molar-refractivity contribution >= 4 is 38.5 Å². The van der Waals surface area contributed by atoms with Crippen molar-refractivity contribution in [1.82, 2.24) is 14.9 Å². The van der Waals surface area contributed by atoms with Crippen molar-refractivity contribution in [1.29, 1.82) is 0 Å². The molecule has 2 aromatic rings. The Hall–Kier alpha value is -1.54. The summed E-state index contributed by atoms with van der Waals surface area (Å²) >= 11 is 1.53. The summed E-state index contributed by atoms with van der Waals surface area (Å²) in [7, 11) is -3.00. The topological polar surface area (TPSA) is 83.1 Å². The van der Waals surface area contributed by atoms with Crippen LogP contribution in [0.5, 0.6) is 0 Å². The molecule has 142 valence electrons. The molecule has 1 saturated heterocycles. The zero-order chi connectivity index (χ0) is 18.7. The van der Waals surface area contributed by atoms with E-state index in [9.17, 15) is 13.2 Å². The molecule has 1 aromatic heterocycles. The van der Waals surface area contributed by atoms with E-state index in [0.717, 1.165) is 23.3 Å². The zero-order valence-corrected chi connectivity index (χ0v) is 16.8. The molecule has 0 bridgehead atoms. The molecule has 2 heterocycles. The van der Waals surface area contributed by atoms with Gasteiger partial charge in [0.15, 0.2) is 9.84 Å². The number of sulfone groups is 1. The van der Waals surface area contributed by atoms with Gasteiger partial charge in [-0.2, -0.15) is 0 Å². The summed E-state index contributed by atoms with van der Waals surface area (Å²) in [5.74, 6) is 1.49. The van der Waals surface area contributed by atoms with Crippen LogP contribution in [0, 0.1) is 0 Å². The summed E-state index contributed by atoms with van der Waals surface area (Å²) in [4.78, 5) is 22.4. The predicted octanol–water partition coefficient (Wildman–Crippen LogP) is 2.78. The Labute approximate surface area is 158 Å². The molecule has 6 nitrogen and oxygen atoms in total. The Morgan fingerprint density at radius 3 is 2.85 bits per heavy atom. The fourth-order valence-electron chi connectivity index (χ4n) is 3.30. The number of fused-ring (bicyclic) bond motifs is 1. The van der Waals surface area contributed by atoms with Crippen LogP contribution in [-0.2, 0) is 14.6 Å². The molecule has 0 spiro atoms. The Kier molecular flexibility index (Phi) is 5.92. The summed E-state index contributed by atoms with van der Waals surface area (Å²) in [6, 6.07) is 7.69. The number of H-pyrrole nitrogens is 1. The maximum Gasteiger partial charge on any atom is 0.232 e. The fourth-order valence-corrected chi connectivity index (χ4v) is 5.85. The van der Waals surface area contributed by atoms with Gasteiger partial charge < -0.3 is 9.88 Å². The van der Waals surface area contributed by atoms with Gasteiger partial charge in [0, 0.05) is 12.6 Å². The molecule has 1 aromatic carbocycles. The highest BCUT2D eigenvalue weighted by Crippen LogP contribution is 2.28. The van der Waals surface area contributed by atoms with Crippen molar-refractivity contribution in [2.75, 3.05) is 23.8 Å². The molecule has 1 aliphatic heterocycles. The van der Waals surface area contributed by atoms with Crippen molar-refractivity contribution in [2.45, 2.75) is 38.0 Å². The zero-order valence-electron chi connectivity index (χ0n) is 15.1. The average Bonchev–Trinajstić information content (AvgIpc) is 3.20. The van der Waals surface area contributed by atoms with Gasteiger partial charge >= 0.3 is 0 Å². The highest BCUT2D eigenvalue weighted by Gasteiger charge is 2.34. The van der Waals surface area contributed by atoms with E-state index in [0.29, 0.717) is 18.7 Å². The molecular weight excluding hydrogens is 370 g/mol. The Morgan fingerprint density at radius 2 is 2.19 bits per heavy atom. The van der Waals surface area contributed by atoms with Crippen LogP contribution in [0.15, 0.2) is 24.3 Å². The van der Waals surface area contributed by atoms with Crippen molar-refractivity contribution in [3.63, 3.8) is 0 Å². The van der Waals surface area contributed by atoms with Crippen LogP contribution in [0.2, 0.25) is 0 Å². The SMILES string of the molecule is CCCN(C(=O)CSC(C)c1nc2ccccc2[nH]1)C1CCS(=O)(=O)C1. The van der Waals surface area contributed by atoms with E-state index in [4.69, 9.17) is 0 Å². The van der Waals surface area contributed by atoms with Gasteiger partial charge in [0.25, 0.3) is 0 Å². The van der Waals surface area contributed by atoms with Gasteiger partial charge in [0.05, 0.1) is 33.5 Å². The largest absolute Gasteiger partial charge is 0.341 e.